The van der Waals surface area contributed by atoms with E-state index in [0.717, 1.165) is 60.8 Å². The molecule has 0 aliphatic rings. The van der Waals surface area contributed by atoms with E-state index >= 15 is 0 Å². The van der Waals surface area contributed by atoms with Crippen molar-refractivity contribution in [3.63, 3.8) is 0 Å². The molecule has 11 aromatic rings. The number of hydrogen-bond acceptors (Lipinski definition) is 3. The number of nitrogens with zero attached hydrogens (tertiary/aromatic N) is 3. The molecule has 0 radical (unpaired) electrons. The Bertz CT molecular complexity index is 3430. The van der Waals surface area contributed by atoms with E-state index in [2.05, 4.69) is 219 Å². The van der Waals surface area contributed by atoms with Crippen LogP contribution >= 0.6 is 0 Å². The zero-order chi connectivity index (χ0) is 40.7. The van der Waals surface area contributed by atoms with E-state index in [0.29, 0.717) is 17.5 Å². The summed E-state index contributed by atoms with van der Waals surface area (Å²) in [5.74, 6) is 1.88. The zero-order valence-electron chi connectivity index (χ0n) is 33.6. The quantitative estimate of drug-likeness (QED) is 0.162. The Balaban J connectivity index is 1.05. The highest BCUT2D eigenvalue weighted by Crippen LogP contribution is 2.39. The number of hydrogen-bond donors (Lipinski definition) is 0. The molecular formula is C58H39N3. The Hall–Kier alpha value is -8.01. The number of aromatic nitrogens is 3. The van der Waals surface area contributed by atoms with E-state index < -0.39 is 0 Å². The van der Waals surface area contributed by atoms with Crippen LogP contribution in [-0.2, 0) is 0 Å². The Morgan fingerprint density at radius 1 is 0.262 bits per heavy atom. The van der Waals surface area contributed by atoms with Crippen molar-refractivity contribution in [3.05, 3.63) is 224 Å². The first-order chi connectivity index (χ1) is 30.1. The molecule has 11 rings (SSSR count). The molecule has 61 heavy (non-hydrogen) atoms. The van der Waals surface area contributed by atoms with Gasteiger partial charge in [-0.2, -0.15) is 0 Å². The minimum absolute atomic E-state index is 0.620. The van der Waals surface area contributed by atoms with Crippen molar-refractivity contribution in [2.24, 2.45) is 0 Å². The van der Waals surface area contributed by atoms with Gasteiger partial charge >= 0.3 is 0 Å². The van der Waals surface area contributed by atoms with Crippen molar-refractivity contribution in [2.75, 3.05) is 0 Å². The molecule has 0 aliphatic carbocycles. The van der Waals surface area contributed by atoms with Crippen LogP contribution in [0.15, 0.2) is 218 Å². The topological polar surface area (TPSA) is 38.7 Å². The highest BCUT2D eigenvalue weighted by molar-refractivity contribution is 6.03. The van der Waals surface area contributed by atoms with Crippen LogP contribution < -0.4 is 0 Å². The molecule has 286 valence electrons. The summed E-state index contributed by atoms with van der Waals surface area (Å²) < 4.78 is 0. The molecule has 3 heteroatoms. The maximum Gasteiger partial charge on any atom is 0.165 e. The second-order valence-electron chi connectivity index (χ2n) is 15.7. The molecule has 0 unspecified atom stereocenters. The fourth-order valence-electron chi connectivity index (χ4n) is 8.72. The lowest BCUT2D eigenvalue weighted by Gasteiger charge is -2.15. The summed E-state index contributed by atoms with van der Waals surface area (Å²) in [7, 11) is 0. The van der Waals surface area contributed by atoms with Crippen LogP contribution in [0, 0.1) is 6.92 Å². The summed E-state index contributed by atoms with van der Waals surface area (Å²) in [5, 5.41) is 7.15. The average molecular weight is 778 g/mol. The number of rotatable bonds is 7. The molecule has 0 fully saturated rings. The molecule has 0 aliphatic heterocycles. The van der Waals surface area contributed by atoms with Gasteiger partial charge in [-0.25, -0.2) is 15.0 Å². The van der Waals surface area contributed by atoms with Crippen molar-refractivity contribution >= 4 is 32.3 Å². The average Bonchev–Trinajstić information content (AvgIpc) is 3.33. The largest absolute Gasteiger partial charge is 0.208 e. The lowest BCUT2D eigenvalue weighted by Crippen LogP contribution is -2.02. The van der Waals surface area contributed by atoms with Crippen molar-refractivity contribution in [2.45, 2.75) is 6.92 Å². The van der Waals surface area contributed by atoms with Gasteiger partial charge in [0.1, 0.15) is 0 Å². The minimum Gasteiger partial charge on any atom is -0.208 e. The third-order valence-electron chi connectivity index (χ3n) is 11.7. The van der Waals surface area contributed by atoms with Gasteiger partial charge in [-0.3, -0.25) is 0 Å². The van der Waals surface area contributed by atoms with Crippen LogP contribution in [0.25, 0.3) is 111 Å². The summed E-state index contributed by atoms with van der Waals surface area (Å²) in [6.45, 7) is 2.17. The molecule has 1 aromatic heterocycles. The molecule has 0 bridgehead atoms. The van der Waals surface area contributed by atoms with Gasteiger partial charge in [0.05, 0.1) is 0 Å². The van der Waals surface area contributed by atoms with E-state index in [1.807, 2.05) is 6.07 Å². The van der Waals surface area contributed by atoms with E-state index in [9.17, 15) is 0 Å². The monoisotopic (exact) mass is 777 g/mol. The summed E-state index contributed by atoms with van der Waals surface area (Å²) in [5.41, 5.74) is 13.2. The highest BCUT2D eigenvalue weighted by Gasteiger charge is 2.19. The van der Waals surface area contributed by atoms with Gasteiger partial charge in [0.25, 0.3) is 0 Å². The fourth-order valence-corrected chi connectivity index (χ4v) is 8.72. The van der Waals surface area contributed by atoms with E-state index in [1.165, 1.54) is 38.2 Å². The van der Waals surface area contributed by atoms with Gasteiger partial charge in [0, 0.05) is 16.7 Å². The number of benzene rings is 10. The van der Waals surface area contributed by atoms with Crippen LogP contribution in [0.2, 0.25) is 0 Å². The number of fused-ring (bicyclic) bond motifs is 3. The van der Waals surface area contributed by atoms with Gasteiger partial charge < -0.3 is 0 Å². The van der Waals surface area contributed by atoms with Gasteiger partial charge in [-0.15, -0.1) is 0 Å². The zero-order valence-corrected chi connectivity index (χ0v) is 33.6. The Labute approximate surface area is 355 Å². The molecule has 0 spiro atoms. The van der Waals surface area contributed by atoms with Crippen molar-refractivity contribution in [3.8, 4) is 78.7 Å². The standard InChI is InChI=1S/C58H39N3/c1-38-32-47-19-9-10-24-51(47)54(33-38)48-29-28-45-34-44(26-27-46(45)35-48)43-21-13-23-50(37-43)57-59-56(49-22-12-20-42(36-49)39-14-4-2-5-15-39)60-58(61-57)55-52-25-11-8-18-41(52)30-31-53(55)40-16-6-3-7-17-40/h2-37H,1H3. The summed E-state index contributed by atoms with van der Waals surface area (Å²) in [6.07, 6.45) is 0. The first kappa shape index (κ1) is 36.1. The second kappa shape index (κ2) is 15.3. The summed E-state index contributed by atoms with van der Waals surface area (Å²) in [6, 6.07) is 77.7. The lowest BCUT2D eigenvalue weighted by atomic mass is 9.93. The third-order valence-corrected chi connectivity index (χ3v) is 11.7. The van der Waals surface area contributed by atoms with Crippen LogP contribution in [0.5, 0.6) is 0 Å². The van der Waals surface area contributed by atoms with Crippen molar-refractivity contribution in [1.82, 2.24) is 15.0 Å². The van der Waals surface area contributed by atoms with E-state index in [-0.39, 0.29) is 0 Å². The Morgan fingerprint density at radius 3 is 1.46 bits per heavy atom. The maximum atomic E-state index is 5.34. The Kier molecular flexibility index (Phi) is 9.05. The second-order valence-corrected chi connectivity index (χ2v) is 15.7. The molecule has 0 amide bonds. The molecular weight excluding hydrogens is 739 g/mol. The van der Waals surface area contributed by atoms with E-state index in [4.69, 9.17) is 15.0 Å². The lowest BCUT2D eigenvalue weighted by molar-refractivity contribution is 1.08. The van der Waals surface area contributed by atoms with Crippen LogP contribution in [0.3, 0.4) is 0 Å². The third kappa shape index (κ3) is 6.92. The van der Waals surface area contributed by atoms with E-state index in [1.54, 1.807) is 0 Å². The highest BCUT2D eigenvalue weighted by atomic mass is 15.0. The number of aryl methyl sites for hydroxylation is 1. The Morgan fingerprint density at radius 2 is 0.754 bits per heavy atom. The van der Waals surface area contributed by atoms with Crippen LogP contribution in [0.1, 0.15) is 5.56 Å². The van der Waals surface area contributed by atoms with Gasteiger partial charge in [0.2, 0.25) is 0 Å². The normalized spacial score (nSPS) is 11.4. The van der Waals surface area contributed by atoms with Gasteiger partial charge in [-0.05, 0) is 114 Å². The summed E-state index contributed by atoms with van der Waals surface area (Å²) >= 11 is 0. The molecule has 0 saturated carbocycles. The first-order valence-electron chi connectivity index (χ1n) is 20.8. The molecule has 1 heterocycles. The van der Waals surface area contributed by atoms with Crippen LogP contribution in [0.4, 0.5) is 0 Å². The molecule has 0 atom stereocenters. The predicted molar refractivity (Wildman–Crippen MR) is 255 cm³/mol. The molecule has 0 saturated heterocycles. The SMILES string of the molecule is Cc1cc(-c2ccc3cc(-c4cccc(-c5nc(-c6cccc(-c7ccccc7)c6)nc(-c6c(-c7ccccc7)ccc7ccccc67)n5)c4)ccc3c2)c2ccccc2c1. The van der Waals surface area contributed by atoms with Gasteiger partial charge in [0.15, 0.2) is 17.5 Å². The first-order valence-corrected chi connectivity index (χ1v) is 20.8. The maximum absolute atomic E-state index is 5.34. The van der Waals surface area contributed by atoms with Crippen molar-refractivity contribution < 1.29 is 0 Å². The van der Waals surface area contributed by atoms with Crippen molar-refractivity contribution in [1.29, 1.82) is 0 Å². The van der Waals surface area contributed by atoms with Crippen LogP contribution in [-0.4, -0.2) is 15.0 Å². The minimum atomic E-state index is 0.620. The summed E-state index contributed by atoms with van der Waals surface area (Å²) in [4.78, 5) is 15.9. The predicted octanol–water partition coefficient (Wildman–Crippen LogP) is 15.3. The molecule has 0 N–H and O–H groups in total. The molecule has 10 aromatic carbocycles. The van der Waals surface area contributed by atoms with Gasteiger partial charge in [-0.1, -0.05) is 194 Å². The fraction of sp³-hybridized carbons (Fsp3) is 0.0172. The molecule has 3 nitrogen and oxygen atoms in total. The smallest absolute Gasteiger partial charge is 0.165 e.